The minimum absolute atomic E-state index is 0. The zero-order valence-electron chi connectivity index (χ0n) is 12.1. The number of benzene rings is 1. The molecular weight excluding hydrogens is 335 g/mol. The first-order valence-corrected chi connectivity index (χ1v) is 7.39. The van der Waals surface area contributed by atoms with Crippen LogP contribution >= 0.6 is 35.6 Å². The minimum Gasteiger partial charge on any atom is -0.481 e. The summed E-state index contributed by atoms with van der Waals surface area (Å²) >= 11 is 11.7. The Hall–Kier alpha value is -0.680. The van der Waals surface area contributed by atoms with Crippen LogP contribution in [0.15, 0.2) is 18.2 Å². The molecule has 2 N–H and O–H groups in total. The molecule has 0 aromatic heterocycles. The number of rotatable bonds is 8. The average molecular weight is 356 g/mol. The molecule has 1 aromatic carbocycles. The maximum Gasteiger partial charge on any atom is 0.260 e. The van der Waals surface area contributed by atoms with Gasteiger partial charge >= 0.3 is 0 Å². The van der Waals surface area contributed by atoms with Gasteiger partial charge in [0.25, 0.3) is 5.91 Å². The van der Waals surface area contributed by atoms with E-state index in [1.54, 1.807) is 25.1 Å². The van der Waals surface area contributed by atoms with Crippen molar-refractivity contribution >= 4 is 41.5 Å². The fraction of sp³-hybridized carbons (Fsp3) is 0.500. The van der Waals surface area contributed by atoms with Gasteiger partial charge in [0.15, 0.2) is 6.10 Å². The largest absolute Gasteiger partial charge is 0.481 e. The summed E-state index contributed by atoms with van der Waals surface area (Å²) < 4.78 is 5.51. The molecule has 120 valence electrons. The number of halogens is 3. The van der Waals surface area contributed by atoms with E-state index in [2.05, 4.69) is 17.6 Å². The van der Waals surface area contributed by atoms with E-state index in [1.807, 2.05) is 0 Å². The molecule has 1 aromatic rings. The second kappa shape index (κ2) is 11.0. The molecule has 0 saturated carbocycles. The lowest BCUT2D eigenvalue weighted by Crippen LogP contribution is -2.39. The third-order valence-corrected chi connectivity index (χ3v) is 2.98. The molecule has 0 radical (unpaired) electrons. The summed E-state index contributed by atoms with van der Waals surface area (Å²) in [6.07, 6.45) is 0.471. The van der Waals surface area contributed by atoms with Gasteiger partial charge in [0.2, 0.25) is 0 Å². The van der Waals surface area contributed by atoms with Crippen LogP contribution in [0, 0.1) is 0 Å². The van der Waals surface area contributed by atoms with Crippen molar-refractivity contribution in [1.29, 1.82) is 0 Å². The topological polar surface area (TPSA) is 50.4 Å². The van der Waals surface area contributed by atoms with Crippen molar-refractivity contribution in [1.82, 2.24) is 10.6 Å². The molecule has 0 saturated heterocycles. The molecule has 1 unspecified atom stereocenters. The molecule has 0 bridgehead atoms. The number of hydrogen-bond donors (Lipinski definition) is 2. The predicted molar refractivity (Wildman–Crippen MR) is 90.0 cm³/mol. The summed E-state index contributed by atoms with van der Waals surface area (Å²) in [5, 5.41) is 6.95. The monoisotopic (exact) mass is 354 g/mol. The second-order valence-electron chi connectivity index (χ2n) is 4.41. The zero-order valence-corrected chi connectivity index (χ0v) is 14.4. The third-order valence-electron chi connectivity index (χ3n) is 2.55. The van der Waals surface area contributed by atoms with E-state index in [-0.39, 0.29) is 18.3 Å². The second-order valence-corrected chi connectivity index (χ2v) is 5.28. The van der Waals surface area contributed by atoms with Gasteiger partial charge in [-0.05, 0) is 38.1 Å². The Kier molecular flexibility index (Phi) is 10.6. The first kappa shape index (κ1) is 20.3. The van der Waals surface area contributed by atoms with Crippen molar-refractivity contribution in [3.05, 3.63) is 28.2 Å². The van der Waals surface area contributed by atoms with Crippen LogP contribution in [-0.4, -0.2) is 31.6 Å². The minimum atomic E-state index is -0.601. The standard InChI is InChI=1S/C14H20Cl2N2O2.ClH/c1-3-4-17-5-6-18-14(19)10(2)20-13-8-11(15)7-12(16)9-13;/h7-10,17H,3-6H2,1-2H3,(H,18,19);1H. The molecule has 0 aliphatic heterocycles. The van der Waals surface area contributed by atoms with Gasteiger partial charge in [0.1, 0.15) is 5.75 Å². The maximum atomic E-state index is 11.8. The Labute approximate surface area is 141 Å². The quantitative estimate of drug-likeness (QED) is 0.704. The average Bonchev–Trinajstić information content (AvgIpc) is 2.36. The highest BCUT2D eigenvalue weighted by Gasteiger charge is 2.14. The van der Waals surface area contributed by atoms with Crippen LogP contribution < -0.4 is 15.4 Å². The van der Waals surface area contributed by atoms with E-state index in [0.29, 0.717) is 22.3 Å². The van der Waals surface area contributed by atoms with Gasteiger partial charge in [0.05, 0.1) is 0 Å². The lowest BCUT2D eigenvalue weighted by Gasteiger charge is -2.15. The van der Waals surface area contributed by atoms with Crippen molar-refractivity contribution < 1.29 is 9.53 Å². The molecule has 0 fully saturated rings. The van der Waals surface area contributed by atoms with Crippen LogP contribution in [0.3, 0.4) is 0 Å². The highest BCUT2D eigenvalue weighted by atomic mass is 35.5. The van der Waals surface area contributed by atoms with Crippen LogP contribution in [0.5, 0.6) is 5.75 Å². The lowest BCUT2D eigenvalue weighted by molar-refractivity contribution is -0.127. The van der Waals surface area contributed by atoms with Gasteiger partial charge in [-0.3, -0.25) is 4.79 Å². The van der Waals surface area contributed by atoms with E-state index < -0.39 is 6.10 Å². The molecule has 4 nitrogen and oxygen atoms in total. The Morgan fingerprint density at radius 1 is 1.19 bits per heavy atom. The van der Waals surface area contributed by atoms with Gasteiger partial charge < -0.3 is 15.4 Å². The van der Waals surface area contributed by atoms with Gasteiger partial charge in [-0.15, -0.1) is 12.4 Å². The fourth-order valence-corrected chi connectivity index (χ4v) is 2.08. The summed E-state index contributed by atoms with van der Waals surface area (Å²) in [5.41, 5.74) is 0. The van der Waals surface area contributed by atoms with Crippen molar-refractivity contribution in [3.8, 4) is 5.75 Å². The molecule has 1 amide bonds. The molecule has 7 heteroatoms. The first-order valence-electron chi connectivity index (χ1n) is 6.64. The highest BCUT2D eigenvalue weighted by Crippen LogP contribution is 2.24. The summed E-state index contributed by atoms with van der Waals surface area (Å²) in [6.45, 7) is 6.04. The smallest absolute Gasteiger partial charge is 0.260 e. The predicted octanol–water partition coefficient (Wildman–Crippen LogP) is 3.30. The number of ether oxygens (including phenoxy) is 1. The lowest BCUT2D eigenvalue weighted by atomic mass is 10.3. The number of carbonyl (C=O) groups excluding carboxylic acids is 1. The summed E-state index contributed by atoms with van der Waals surface area (Å²) in [5.74, 6) is 0.314. The van der Waals surface area contributed by atoms with Crippen molar-refractivity contribution in [2.75, 3.05) is 19.6 Å². The van der Waals surface area contributed by atoms with Crippen LogP contribution in [0.4, 0.5) is 0 Å². The van der Waals surface area contributed by atoms with E-state index in [4.69, 9.17) is 27.9 Å². The van der Waals surface area contributed by atoms with Crippen LogP contribution in [0.25, 0.3) is 0 Å². The van der Waals surface area contributed by atoms with Crippen LogP contribution in [0.2, 0.25) is 10.0 Å². The number of carbonyl (C=O) groups is 1. The Morgan fingerprint density at radius 3 is 2.38 bits per heavy atom. The molecule has 0 aliphatic carbocycles. The maximum absolute atomic E-state index is 11.8. The van der Waals surface area contributed by atoms with Gasteiger partial charge in [-0.25, -0.2) is 0 Å². The molecular formula is C14H21Cl3N2O2. The fourth-order valence-electron chi connectivity index (χ4n) is 1.57. The summed E-state index contributed by atoms with van der Waals surface area (Å²) in [7, 11) is 0. The molecule has 0 spiro atoms. The summed E-state index contributed by atoms with van der Waals surface area (Å²) in [6, 6.07) is 4.86. The third kappa shape index (κ3) is 8.37. The normalized spacial score (nSPS) is 11.4. The molecule has 0 heterocycles. The number of amides is 1. The molecule has 1 atom stereocenters. The Bertz CT molecular complexity index is 424. The van der Waals surface area contributed by atoms with E-state index >= 15 is 0 Å². The number of nitrogens with one attached hydrogen (secondary N) is 2. The summed E-state index contributed by atoms with van der Waals surface area (Å²) in [4.78, 5) is 11.8. The Morgan fingerprint density at radius 2 is 1.81 bits per heavy atom. The van der Waals surface area contributed by atoms with Gasteiger partial charge in [-0.2, -0.15) is 0 Å². The van der Waals surface area contributed by atoms with Crippen LogP contribution in [0.1, 0.15) is 20.3 Å². The Balaban J connectivity index is 0.00000400. The van der Waals surface area contributed by atoms with Gasteiger partial charge in [-0.1, -0.05) is 30.1 Å². The van der Waals surface area contributed by atoms with E-state index in [9.17, 15) is 4.79 Å². The molecule has 21 heavy (non-hydrogen) atoms. The van der Waals surface area contributed by atoms with E-state index in [1.165, 1.54) is 0 Å². The molecule has 1 rings (SSSR count). The van der Waals surface area contributed by atoms with Crippen molar-refractivity contribution in [2.24, 2.45) is 0 Å². The SMILES string of the molecule is CCCNCCNC(=O)C(C)Oc1cc(Cl)cc(Cl)c1.Cl. The molecule has 0 aliphatic rings. The first-order chi connectivity index (χ1) is 9.52. The highest BCUT2D eigenvalue weighted by molar-refractivity contribution is 6.34. The van der Waals surface area contributed by atoms with E-state index in [0.717, 1.165) is 19.5 Å². The van der Waals surface area contributed by atoms with Crippen LogP contribution in [-0.2, 0) is 4.79 Å². The van der Waals surface area contributed by atoms with Crippen molar-refractivity contribution in [3.63, 3.8) is 0 Å². The van der Waals surface area contributed by atoms with Crippen molar-refractivity contribution in [2.45, 2.75) is 26.4 Å². The zero-order chi connectivity index (χ0) is 15.0. The number of hydrogen-bond acceptors (Lipinski definition) is 3. The van der Waals surface area contributed by atoms with Gasteiger partial charge in [0, 0.05) is 23.1 Å².